The molecule has 2 N–H and O–H groups in total. The largest absolute Gasteiger partial charge is 0.382 e. The number of halogens is 1. The lowest BCUT2D eigenvalue weighted by molar-refractivity contribution is 0.0698. The molecule has 0 fully saturated rings. The zero-order valence-corrected chi connectivity index (χ0v) is 18.8. The highest BCUT2D eigenvalue weighted by Crippen LogP contribution is 2.17. The van der Waals surface area contributed by atoms with E-state index in [0.29, 0.717) is 19.8 Å². The van der Waals surface area contributed by atoms with Crippen molar-refractivity contribution in [3.8, 4) is 0 Å². The third-order valence-electron chi connectivity index (χ3n) is 4.07. The van der Waals surface area contributed by atoms with Crippen LogP contribution < -0.4 is 15.5 Å². The van der Waals surface area contributed by atoms with Crippen molar-refractivity contribution in [2.75, 3.05) is 58.0 Å². The van der Waals surface area contributed by atoms with Gasteiger partial charge in [0.25, 0.3) is 0 Å². The number of methoxy groups -OCH3 is 1. The predicted molar refractivity (Wildman–Crippen MR) is 123 cm³/mol. The van der Waals surface area contributed by atoms with E-state index in [1.807, 2.05) is 0 Å². The molecule has 0 aliphatic carbocycles. The molecule has 6 nitrogen and oxygen atoms in total. The van der Waals surface area contributed by atoms with Gasteiger partial charge in [0.2, 0.25) is 0 Å². The molecular formula is C20H33IN4O2. The summed E-state index contributed by atoms with van der Waals surface area (Å²) in [5, 5.41) is 6.63. The van der Waals surface area contributed by atoms with Crippen molar-refractivity contribution in [1.29, 1.82) is 0 Å². The Morgan fingerprint density at radius 3 is 2.48 bits per heavy atom. The number of nitrogens with one attached hydrogen (secondary N) is 2. The highest BCUT2D eigenvalue weighted by atomic mass is 127. The minimum absolute atomic E-state index is 0. The maximum Gasteiger partial charge on any atom is 0.191 e. The summed E-state index contributed by atoms with van der Waals surface area (Å²) in [6, 6.07) is 8.67. The molecule has 152 valence electrons. The molecule has 0 spiro atoms. The third-order valence-corrected chi connectivity index (χ3v) is 4.07. The number of ether oxygens (including phenoxy) is 2. The summed E-state index contributed by atoms with van der Waals surface area (Å²) in [5.74, 6) is 0.845. The van der Waals surface area contributed by atoms with E-state index in [1.165, 1.54) is 11.3 Å². The first-order chi connectivity index (χ1) is 12.8. The normalized spacial score (nSPS) is 13.6. The second kappa shape index (κ2) is 14.7. The summed E-state index contributed by atoms with van der Waals surface area (Å²) in [6.45, 7) is 8.43. The van der Waals surface area contributed by atoms with E-state index in [4.69, 9.17) is 9.47 Å². The number of hydrogen-bond donors (Lipinski definition) is 2. The lowest BCUT2D eigenvalue weighted by Gasteiger charge is -2.17. The first-order valence-electron chi connectivity index (χ1n) is 9.41. The highest BCUT2D eigenvalue weighted by Gasteiger charge is 2.06. The molecule has 0 saturated heterocycles. The quantitative estimate of drug-likeness (QED) is 0.165. The molecule has 1 aromatic rings. The summed E-state index contributed by atoms with van der Waals surface area (Å²) >= 11 is 0. The number of rotatable bonds is 11. The fourth-order valence-electron chi connectivity index (χ4n) is 2.64. The van der Waals surface area contributed by atoms with Crippen LogP contribution >= 0.6 is 24.0 Å². The number of nitrogens with zero attached hydrogens (tertiary/aromatic N) is 2. The van der Waals surface area contributed by atoms with Gasteiger partial charge < -0.3 is 25.0 Å². The van der Waals surface area contributed by atoms with E-state index in [0.717, 1.165) is 45.2 Å². The van der Waals surface area contributed by atoms with Gasteiger partial charge in [0, 0.05) is 45.6 Å². The van der Waals surface area contributed by atoms with Crippen molar-refractivity contribution in [1.82, 2.24) is 10.6 Å². The SMILES string of the molecule is CCNC(=NCc1ccc(N2CC=CC2)cc1)NCCCOCCOC.I. The predicted octanol–water partition coefficient (Wildman–Crippen LogP) is 2.79. The molecule has 0 saturated carbocycles. The van der Waals surface area contributed by atoms with Gasteiger partial charge in [0.05, 0.1) is 19.8 Å². The Bertz CT molecular complexity index is 556. The summed E-state index contributed by atoms with van der Waals surface area (Å²) in [7, 11) is 1.68. The maximum atomic E-state index is 5.46. The van der Waals surface area contributed by atoms with E-state index in [1.54, 1.807) is 7.11 Å². The van der Waals surface area contributed by atoms with Crippen LogP contribution in [0.2, 0.25) is 0 Å². The van der Waals surface area contributed by atoms with Gasteiger partial charge in [0.15, 0.2) is 5.96 Å². The minimum Gasteiger partial charge on any atom is -0.382 e. The number of aliphatic imine (C=N–C) groups is 1. The van der Waals surface area contributed by atoms with Crippen molar-refractivity contribution in [3.05, 3.63) is 42.0 Å². The van der Waals surface area contributed by atoms with Crippen LogP contribution in [0.5, 0.6) is 0 Å². The number of guanidine groups is 1. The Morgan fingerprint density at radius 1 is 1.07 bits per heavy atom. The molecule has 1 aliphatic heterocycles. The second-order valence-corrected chi connectivity index (χ2v) is 6.12. The van der Waals surface area contributed by atoms with Crippen LogP contribution in [0.1, 0.15) is 18.9 Å². The molecular weight excluding hydrogens is 455 g/mol. The third kappa shape index (κ3) is 9.44. The molecule has 1 aliphatic rings. The van der Waals surface area contributed by atoms with Crippen molar-refractivity contribution >= 4 is 35.6 Å². The fourth-order valence-corrected chi connectivity index (χ4v) is 2.64. The van der Waals surface area contributed by atoms with Crippen LogP contribution in [-0.4, -0.2) is 59.1 Å². The van der Waals surface area contributed by atoms with Crippen LogP contribution in [-0.2, 0) is 16.0 Å². The second-order valence-electron chi connectivity index (χ2n) is 6.12. The average molecular weight is 488 g/mol. The first-order valence-corrected chi connectivity index (χ1v) is 9.41. The van der Waals surface area contributed by atoms with Gasteiger partial charge >= 0.3 is 0 Å². The van der Waals surface area contributed by atoms with Crippen LogP contribution in [0.4, 0.5) is 5.69 Å². The Labute approximate surface area is 180 Å². The molecule has 0 aromatic heterocycles. The maximum absolute atomic E-state index is 5.46. The lowest BCUT2D eigenvalue weighted by atomic mass is 10.2. The van der Waals surface area contributed by atoms with E-state index in [-0.39, 0.29) is 24.0 Å². The summed E-state index contributed by atoms with van der Waals surface area (Å²) in [5.41, 5.74) is 2.47. The zero-order chi connectivity index (χ0) is 18.5. The van der Waals surface area contributed by atoms with Crippen LogP contribution in [0.3, 0.4) is 0 Å². The monoisotopic (exact) mass is 488 g/mol. The molecule has 1 aromatic carbocycles. The van der Waals surface area contributed by atoms with Gasteiger partial charge in [0.1, 0.15) is 0 Å². The Balaban J connectivity index is 0.00000364. The molecule has 2 rings (SSSR count). The van der Waals surface area contributed by atoms with Crippen molar-refractivity contribution in [2.24, 2.45) is 4.99 Å². The van der Waals surface area contributed by atoms with E-state index < -0.39 is 0 Å². The highest BCUT2D eigenvalue weighted by molar-refractivity contribution is 14.0. The van der Waals surface area contributed by atoms with E-state index >= 15 is 0 Å². The smallest absolute Gasteiger partial charge is 0.191 e. The molecule has 0 atom stereocenters. The van der Waals surface area contributed by atoms with Gasteiger partial charge in [-0.2, -0.15) is 0 Å². The van der Waals surface area contributed by atoms with Crippen molar-refractivity contribution in [2.45, 2.75) is 19.9 Å². The first kappa shape index (κ1) is 23.7. The average Bonchev–Trinajstić information content (AvgIpc) is 3.20. The Kier molecular flexibility index (Phi) is 12.9. The zero-order valence-electron chi connectivity index (χ0n) is 16.4. The van der Waals surface area contributed by atoms with Gasteiger partial charge in [-0.05, 0) is 31.0 Å². The molecule has 0 bridgehead atoms. The van der Waals surface area contributed by atoms with Crippen LogP contribution in [0, 0.1) is 0 Å². The summed E-state index contributed by atoms with van der Waals surface area (Å²) < 4.78 is 10.4. The van der Waals surface area contributed by atoms with Gasteiger partial charge in [-0.3, -0.25) is 0 Å². The molecule has 7 heteroatoms. The minimum atomic E-state index is 0. The standard InChI is InChI=1S/C20H32N4O2.HI/c1-3-21-20(22-11-6-14-26-16-15-25-2)23-17-18-7-9-19(10-8-18)24-12-4-5-13-24;/h4-5,7-10H,3,6,11-17H2,1-2H3,(H2,21,22,23);1H. The molecule has 0 amide bonds. The van der Waals surface area contributed by atoms with Crippen molar-refractivity contribution < 1.29 is 9.47 Å². The van der Waals surface area contributed by atoms with Gasteiger partial charge in [-0.25, -0.2) is 4.99 Å². The molecule has 27 heavy (non-hydrogen) atoms. The number of hydrogen-bond acceptors (Lipinski definition) is 4. The van der Waals surface area contributed by atoms with E-state index in [2.05, 4.69) is 63.9 Å². The van der Waals surface area contributed by atoms with Crippen LogP contribution in [0.25, 0.3) is 0 Å². The van der Waals surface area contributed by atoms with Crippen molar-refractivity contribution in [3.63, 3.8) is 0 Å². The number of benzene rings is 1. The Hall–Kier alpha value is -1.32. The number of anilines is 1. The van der Waals surface area contributed by atoms with Crippen LogP contribution in [0.15, 0.2) is 41.4 Å². The Morgan fingerprint density at radius 2 is 1.81 bits per heavy atom. The molecule has 0 unspecified atom stereocenters. The van der Waals surface area contributed by atoms with E-state index in [9.17, 15) is 0 Å². The summed E-state index contributed by atoms with van der Waals surface area (Å²) in [4.78, 5) is 7.01. The van der Waals surface area contributed by atoms with Gasteiger partial charge in [-0.1, -0.05) is 24.3 Å². The molecule has 0 radical (unpaired) electrons. The lowest BCUT2D eigenvalue weighted by Crippen LogP contribution is -2.38. The molecule has 1 heterocycles. The summed E-state index contributed by atoms with van der Waals surface area (Å²) in [6.07, 6.45) is 5.34. The van der Waals surface area contributed by atoms with Gasteiger partial charge in [-0.15, -0.1) is 24.0 Å². The topological polar surface area (TPSA) is 58.1 Å². The fraction of sp³-hybridized carbons (Fsp3) is 0.550.